The zero-order chi connectivity index (χ0) is 15.4. The number of primary sulfonamides is 1. The Kier molecular flexibility index (Phi) is 5.55. The summed E-state index contributed by atoms with van der Waals surface area (Å²) in [6, 6.07) is 4.30. The van der Waals surface area contributed by atoms with Gasteiger partial charge in [-0.3, -0.25) is 0 Å². The Hall–Kier alpha value is -1.12. The maximum atomic E-state index is 11.3. The van der Waals surface area contributed by atoms with Crippen LogP contribution < -0.4 is 9.88 Å². The molecule has 0 atom stereocenters. The Balaban J connectivity index is 2.62. The Morgan fingerprint density at radius 2 is 1.85 bits per heavy atom. The number of aryl methyl sites for hydroxylation is 1. The number of benzene rings is 1. The number of nitrogens with two attached hydrogens (primary N) is 1. The summed E-state index contributed by atoms with van der Waals surface area (Å²) in [5, 5.41) is 5.03. The molecule has 2 N–H and O–H groups in total. The molecule has 114 valence electrons. The molecule has 0 radical (unpaired) electrons. The molecule has 0 aliphatic rings. The fourth-order valence-electron chi connectivity index (χ4n) is 1.57. The molecule has 0 aliphatic carbocycles. The molecule has 8 heteroatoms. The van der Waals surface area contributed by atoms with Gasteiger partial charge in [-0.2, -0.15) is 0 Å². The molecule has 1 aromatic rings. The highest BCUT2D eigenvalue weighted by molar-refractivity contribution is 7.91. The highest BCUT2D eigenvalue weighted by atomic mass is 32.2. The lowest BCUT2D eigenvalue weighted by molar-refractivity contribution is 0.315. The molecule has 0 amide bonds. The number of hydrogen-bond donors (Lipinski definition) is 1. The summed E-state index contributed by atoms with van der Waals surface area (Å²) in [6.07, 6.45) is 0.395. The van der Waals surface area contributed by atoms with E-state index in [1.54, 1.807) is 13.8 Å². The minimum absolute atomic E-state index is 0.0240. The van der Waals surface area contributed by atoms with Crippen molar-refractivity contribution in [2.75, 3.05) is 18.1 Å². The number of ether oxygens (including phenoxy) is 1. The second-order valence-electron chi connectivity index (χ2n) is 4.41. The van der Waals surface area contributed by atoms with E-state index in [9.17, 15) is 16.8 Å². The van der Waals surface area contributed by atoms with Crippen molar-refractivity contribution < 1.29 is 21.6 Å². The van der Waals surface area contributed by atoms with Crippen LogP contribution >= 0.6 is 0 Å². The van der Waals surface area contributed by atoms with E-state index in [0.29, 0.717) is 17.7 Å². The molecule has 20 heavy (non-hydrogen) atoms. The van der Waals surface area contributed by atoms with Gasteiger partial charge in [-0.05, 0) is 37.1 Å². The monoisotopic (exact) mass is 321 g/mol. The van der Waals surface area contributed by atoms with Gasteiger partial charge in [0.2, 0.25) is 10.0 Å². The number of hydrogen-bond acceptors (Lipinski definition) is 5. The maximum absolute atomic E-state index is 11.3. The van der Waals surface area contributed by atoms with Gasteiger partial charge < -0.3 is 4.74 Å². The van der Waals surface area contributed by atoms with Crippen LogP contribution in [0, 0.1) is 6.92 Å². The SMILES string of the molecule is CCS(=O)(=O)CCCOc1ccc(S(N)(=O)=O)cc1C. The third-order valence-electron chi connectivity index (χ3n) is 2.77. The average Bonchev–Trinajstić information content (AvgIpc) is 2.35. The van der Waals surface area contributed by atoms with Gasteiger partial charge >= 0.3 is 0 Å². The third kappa shape index (κ3) is 5.10. The molecule has 0 bridgehead atoms. The fraction of sp³-hybridized carbons (Fsp3) is 0.500. The predicted octanol–water partition coefficient (Wildman–Crippen LogP) is 0.846. The minimum atomic E-state index is -3.72. The lowest BCUT2D eigenvalue weighted by atomic mass is 10.2. The quantitative estimate of drug-likeness (QED) is 0.750. The van der Waals surface area contributed by atoms with Crippen LogP contribution in [-0.4, -0.2) is 34.9 Å². The first kappa shape index (κ1) is 16.9. The van der Waals surface area contributed by atoms with Crippen LogP contribution in [0.15, 0.2) is 23.1 Å². The first-order valence-electron chi connectivity index (χ1n) is 6.12. The van der Waals surface area contributed by atoms with Gasteiger partial charge in [0, 0.05) is 5.75 Å². The summed E-state index contributed by atoms with van der Waals surface area (Å²) >= 11 is 0. The lowest BCUT2D eigenvalue weighted by Crippen LogP contribution is -2.13. The molecule has 0 saturated carbocycles. The van der Waals surface area contributed by atoms with Crippen molar-refractivity contribution in [2.24, 2.45) is 5.14 Å². The van der Waals surface area contributed by atoms with Gasteiger partial charge in [-0.1, -0.05) is 6.92 Å². The summed E-state index contributed by atoms with van der Waals surface area (Å²) in [4.78, 5) is 0.0240. The Labute approximate surface area is 119 Å². The van der Waals surface area contributed by atoms with Gasteiger partial charge in [0.1, 0.15) is 15.6 Å². The first-order chi connectivity index (χ1) is 9.15. The standard InChI is InChI=1S/C12H19NO5S2/c1-3-19(14,15)8-4-7-18-12-6-5-11(9-10(12)2)20(13,16)17/h5-6,9H,3-4,7-8H2,1-2H3,(H2,13,16,17). The Bertz CT molecular complexity index is 665. The first-order valence-corrected chi connectivity index (χ1v) is 9.49. The molecule has 0 spiro atoms. The molecule has 0 unspecified atom stereocenters. The second-order valence-corrected chi connectivity index (χ2v) is 8.44. The summed E-state index contributed by atoms with van der Waals surface area (Å²) in [5.41, 5.74) is 0.634. The Morgan fingerprint density at radius 3 is 2.35 bits per heavy atom. The largest absolute Gasteiger partial charge is 0.493 e. The number of rotatable bonds is 7. The smallest absolute Gasteiger partial charge is 0.238 e. The molecule has 0 aromatic heterocycles. The van der Waals surface area contributed by atoms with E-state index in [1.165, 1.54) is 18.2 Å². The van der Waals surface area contributed by atoms with E-state index in [2.05, 4.69) is 0 Å². The molecular formula is C12H19NO5S2. The van der Waals surface area contributed by atoms with Gasteiger partial charge in [-0.15, -0.1) is 0 Å². The van der Waals surface area contributed by atoms with Gasteiger partial charge in [0.25, 0.3) is 0 Å². The molecule has 1 aromatic carbocycles. The highest BCUT2D eigenvalue weighted by Crippen LogP contribution is 2.21. The summed E-state index contributed by atoms with van der Waals surface area (Å²) in [5.74, 6) is 0.721. The summed E-state index contributed by atoms with van der Waals surface area (Å²) < 4.78 is 50.4. The van der Waals surface area contributed by atoms with Crippen LogP contribution in [0.5, 0.6) is 5.75 Å². The van der Waals surface area contributed by atoms with Crippen molar-refractivity contribution in [3.8, 4) is 5.75 Å². The Morgan fingerprint density at radius 1 is 1.20 bits per heavy atom. The average molecular weight is 321 g/mol. The van der Waals surface area contributed by atoms with E-state index in [1.807, 2.05) is 0 Å². The van der Waals surface area contributed by atoms with Crippen molar-refractivity contribution in [1.82, 2.24) is 0 Å². The van der Waals surface area contributed by atoms with E-state index in [-0.39, 0.29) is 23.0 Å². The maximum Gasteiger partial charge on any atom is 0.238 e. The second kappa shape index (κ2) is 6.55. The van der Waals surface area contributed by atoms with E-state index in [4.69, 9.17) is 9.88 Å². The van der Waals surface area contributed by atoms with Crippen molar-refractivity contribution in [1.29, 1.82) is 0 Å². The van der Waals surface area contributed by atoms with Crippen molar-refractivity contribution >= 4 is 19.9 Å². The number of sulfone groups is 1. The third-order valence-corrected chi connectivity index (χ3v) is 5.47. The molecule has 0 heterocycles. The molecule has 1 rings (SSSR count). The molecule has 6 nitrogen and oxygen atoms in total. The highest BCUT2D eigenvalue weighted by Gasteiger charge is 2.11. The van der Waals surface area contributed by atoms with Crippen LogP contribution in [-0.2, 0) is 19.9 Å². The molecule has 0 aliphatic heterocycles. The van der Waals surface area contributed by atoms with Crippen molar-refractivity contribution in [3.63, 3.8) is 0 Å². The predicted molar refractivity (Wildman–Crippen MR) is 77.0 cm³/mol. The molecule has 0 saturated heterocycles. The van der Waals surface area contributed by atoms with Crippen LogP contribution in [0.4, 0.5) is 0 Å². The van der Waals surface area contributed by atoms with Crippen molar-refractivity contribution in [3.05, 3.63) is 23.8 Å². The fourth-order valence-corrected chi connectivity index (χ4v) is 3.01. The zero-order valence-corrected chi connectivity index (χ0v) is 13.1. The van der Waals surface area contributed by atoms with Gasteiger partial charge in [0.15, 0.2) is 0 Å². The van der Waals surface area contributed by atoms with Crippen LogP contribution in [0.3, 0.4) is 0 Å². The van der Waals surface area contributed by atoms with Gasteiger partial charge in [-0.25, -0.2) is 22.0 Å². The van der Waals surface area contributed by atoms with Crippen LogP contribution in [0.25, 0.3) is 0 Å². The van der Waals surface area contributed by atoms with E-state index < -0.39 is 19.9 Å². The number of sulfonamides is 1. The van der Waals surface area contributed by atoms with Gasteiger partial charge in [0.05, 0.1) is 17.3 Å². The normalized spacial score (nSPS) is 12.3. The molecular weight excluding hydrogens is 302 g/mol. The van der Waals surface area contributed by atoms with E-state index >= 15 is 0 Å². The van der Waals surface area contributed by atoms with E-state index in [0.717, 1.165) is 0 Å². The molecule has 0 fully saturated rings. The van der Waals surface area contributed by atoms with Crippen LogP contribution in [0.1, 0.15) is 18.9 Å². The van der Waals surface area contributed by atoms with Crippen molar-refractivity contribution in [2.45, 2.75) is 25.2 Å². The van der Waals surface area contributed by atoms with Crippen LogP contribution in [0.2, 0.25) is 0 Å². The summed E-state index contributed by atoms with van der Waals surface area (Å²) in [7, 11) is -6.71. The topological polar surface area (TPSA) is 104 Å². The summed E-state index contributed by atoms with van der Waals surface area (Å²) in [6.45, 7) is 3.56. The minimum Gasteiger partial charge on any atom is -0.493 e. The lowest BCUT2D eigenvalue weighted by Gasteiger charge is -2.10. The zero-order valence-electron chi connectivity index (χ0n) is 11.5.